The second-order valence-corrected chi connectivity index (χ2v) is 6.00. The first-order chi connectivity index (χ1) is 9.93. The molecule has 1 N–H and O–H groups in total. The molecule has 2 heteroatoms. The predicted molar refractivity (Wildman–Crippen MR) is 92.3 cm³/mol. The van der Waals surface area contributed by atoms with E-state index < -0.39 is 0 Å². The number of benzene rings is 2. The maximum absolute atomic E-state index is 3.47. The highest BCUT2D eigenvalue weighted by Crippen LogP contribution is 2.28. The average molecular weight is 282 g/mol. The van der Waals surface area contributed by atoms with Crippen molar-refractivity contribution in [2.45, 2.75) is 26.8 Å². The van der Waals surface area contributed by atoms with Gasteiger partial charge in [0, 0.05) is 19.8 Å². The van der Waals surface area contributed by atoms with Crippen LogP contribution in [0.3, 0.4) is 0 Å². The van der Waals surface area contributed by atoms with Gasteiger partial charge in [0.25, 0.3) is 0 Å². The van der Waals surface area contributed by atoms with Crippen LogP contribution < -0.4 is 10.2 Å². The molecule has 0 saturated carbocycles. The van der Waals surface area contributed by atoms with Crippen LogP contribution in [-0.4, -0.2) is 21.1 Å². The Labute approximate surface area is 128 Å². The van der Waals surface area contributed by atoms with Crippen molar-refractivity contribution >= 4 is 5.69 Å². The summed E-state index contributed by atoms with van der Waals surface area (Å²) < 4.78 is 0. The van der Waals surface area contributed by atoms with Gasteiger partial charge in [-0.1, -0.05) is 24.3 Å². The van der Waals surface area contributed by atoms with Gasteiger partial charge >= 0.3 is 0 Å². The van der Waals surface area contributed by atoms with E-state index in [9.17, 15) is 0 Å². The van der Waals surface area contributed by atoms with Gasteiger partial charge in [-0.15, -0.1) is 0 Å². The molecule has 0 amide bonds. The number of nitrogens with one attached hydrogen (secondary N) is 1. The fourth-order valence-corrected chi connectivity index (χ4v) is 2.78. The van der Waals surface area contributed by atoms with Crippen LogP contribution >= 0.6 is 0 Å². The molecule has 0 fully saturated rings. The molecule has 0 aliphatic heterocycles. The number of hydrogen-bond donors (Lipinski definition) is 1. The molecule has 2 rings (SSSR count). The minimum Gasteiger partial charge on any atom is -0.378 e. The molecule has 112 valence electrons. The van der Waals surface area contributed by atoms with Crippen LogP contribution in [0, 0.1) is 20.8 Å². The predicted octanol–water partition coefficient (Wildman–Crippen LogP) is 3.99. The number of hydrogen-bond acceptors (Lipinski definition) is 2. The number of rotatable bonds is 4. The maximum atomic E-state index is 3.47. The van der Waals surface area contributed by atoms with Gasteiger partial charge in [0.2, 0.25) is 0 Å². The summed E-state index contributed by atoms with van der Waals surface area (Å²) in [5.41, 5.74) is 7.93. The summed E-state index contributed by atoms with van der Waals surface area (Å²) in [6, 6.07) is 13.6. The average Bonchev–Trinajstić information content (AvgIpc) is 2.45. The van der Waals surface area contributed by atoms with Crippen LogP contribution in [0.5, 0.6) is 0 Å². The first-order valence-electron chi connectivity index (χ1n) is 7.46. The zero-order valence-corrected chi connectivity index (χ0v) is 14.0. The van der Waals surface area contributed by atoms with Crippen LogP contribution in [0.1, 0.15) is 33.9 Å². The van der Waals surface area contributed by atoms with Gasteiger partial charge in [-0.25, -0.2) is 0 Å². The Kier molecular flexibility index (Phi) is 4.69. The SMILES string of the molecule is CNC(c1cccc(N(C)C)c1)c1cc(C)c(C)cc1C. The van der Waals surface area contributed by atoms with E-state index in [2.05, 4.69) is 81.5 Å². The molecule has 1 unspecified atom stereocenters. The molecule has 0 heterocycles. The van der Waals surface area contributed by atoms with Crippen LogP contribution in [0.2, 0.25) is 0 Å². The minimum absolute atomic E-state index is 0.226. The minimum atomic E-state index is 0.226. The zero-order chi connectivity index (χ0) is 15.6. The summed E-state index contributed by atoms with van der Waals surface area (Å²) in [6.07, 6.45) is 0. The third kappa shape index (κ3) is 3.27. The maximum Gasteiger partial charge on any atom is 0.0577 e. The standard InChI is InChI=1S/C19H26N2/c1-13-10-15(3)18(11-14(13)2)19(20-4)16-8-7-9-17(12-16)21(5)6/h7-12,19-20H,1-6H3. The van der Waals surface area contributed by atoms with Gasteiger partial charge in [0.05, 0.1) is 6.04 Å². The van der Waals surface area contributed by atoms with Crippen molar-refractivity contribution < 1.29 is 0 Å². The fraction of sp³-hybridized carbons (Fsp3) is 0.368. The lowest BCUT2D eigenvalue weighted by atomic mass is 9.91. The number of aryl methyl sites for hydroxylation is 3. The van der Waals surface area contributed by atoms with E-state index >= 15 is 0 Å². The molecule has 21 heavy (non-hydrogen) atoms. The Morgan fingerprint density at radius 2 is 1.57 bits per heavy atom. The molecular formula is C19H26N2. The molecule has 2 aromatic carbocycles. The van der Waals surface area contributed by atoms with Crippen LogP contribution in [0.15, 0.2) is 36.4 Å². The second-order valence-electron chi connectivity index (χ2n) is 6.00. The smallest absolute Gasteiger partial charge is 0.0577 e. The lowest BCUT2D eigenvalue weighted by molar-refractivity contribution is 0.686. The van der Waals surface area contributed by atoms with E-state index in [0.717, 1.165) is 0 Å². The summed E-state index contributed by atoms with van der Waals surface area (Å²) in [6.45, 7) is 6.55. The Morgan fingerprint density at radius 1 is 0.905 bits per heavy atom. The van der Waals surface area contributed by atoms with E-state index in [-0.39, 0.29) is 6.04 Å². The van der Waals surface area contributed by atoms with Crippen molar-refractivity contribution in [3.63, 3.8) is 0 Å². The lowest BCUT2D eigenvalue weighted by Gasteiger charge is -2.22. The summed E-state index contributed by atoms with van der Waals surface area (Å²) in [5, 5.41) is 3.47. The van der Waals surface area contributed by atoms with Crippen molar-refractivity contribution in [1.82, 2.24) is 5.32 Å². The van der Waals surface area contributed by atoms with Crippen LogP contribution in [0.4, 0.5) is 5.69 Å². The second kappa shape index (κ2) is 6.31. The Hall–Kier alpha value is -1.80. The van der Waals surface area contributed by atoms with Gasteiger partial charge in [-0.3, -0.25) is 0 Å². The first kappa shape index (κ1) is 15.6. The highest BCUT2D eigenvalue weighted by atomic mass is 15.1. The van der Waals surface area contributed by atoms with Gasteiger partial charge in [-0.05, 0) is 67.8 Å². The van der Waals surface area contributed by atoms with E-state index in [1.165, 1.54) is 33.5 Å². The molecule has 0 aromatic heterocycles. The van der Waals surface area contributed by atoms with Crippen molar-refractivity contribution in [2.24, 2.45) is 0 Å². The number of nitrogens with zero attached hydrogens (tertiary/aromatic N) is 1. The van der Waals surface area contributed by atoms with Crippen molar-refractivity contribution in [3.05, 3.63) is 64.2 Å². The quantitative estimate of drug-likeness (QED) is 0.912. The molecule has 1 atom stereocenters. The van der Waals surface area contributed by atoms with Crippen LogP contribution in [0.25, 0.3) is 0 Å². The van der Waals surface area contributed by atoms with E-state index in [1.54, 1.807) is 0 Å². The monoisotopic (exact) mass is 282 g/mol. The summed E-state index contributed by atoms with van der Waals surface area (Å²) in [7, 11) is 6.19. The normalized spacial score (nSPS) is 12.3. The summed E-state index contributed by atoms with van der Waals surface area (Å²) in [5.74, 6) is 0. The topological polar surface area (TPSA) is 15.3 Å². The van der Waals surface area contributed by atoms with E-state index in [0.29, 0.717) is 0 Å². The lowest BCUT2D eigenvalue weighted by Crippen LogP contribution is -2.19. The molecule has 0 radical (unpaired) electrons. The highest BCUT2D eigenvalue weighted by molar-refractivity contribution is 5.50. The molecule has 0 aliphatic rings. The third-order valence-electron chi connectivity index (χ3n) is 4.20. The summed E-state index contributed by atoms with van der Waals surface area (Å²) in [4.78, 5) is 2.14. The molecular weight excluding hydrogens is 256 g/mol. The van der Waals surface area contributed by atoms with Gasteiger partial charge < -0.3 is 10.2 Å². The van der Waals surface area contributed by atoms with Crippen molar-refractivity contribution in [1.29, 1.82) is 0 Å². The Bertz CT molecular complexity index is 629. The van der Waals surface area contributed by atoms with Gasteiger partial charge in [-0.2, -0.15) is 0 Å². The van der Waals surface area contributed by atoms with Crippen molar-refractivity contribution in [3.8, 4) is 0 Å². The summed E-state index contributed by atoms with van der Waals surface area (Å²) >= 11 is 0. The van der Waals surface area contributed by atoms with E-state index in [1.807, 2.05) is 7.05 Å². The largest absolute Gasteiger partial charge is 0.378 e. The van der Waals surface area contributed by atoms with E-state index in [4.69, 9.17) is 0 Å². The van der Waals surface area contributed by atoms with Gasteiger partial charge in [0.1, 0.15) is 0 Å². The van der Waals surface area contributed by atoms with Crippen molar-refractivity contribution in [2.75, 3.05) is 26.0 Å². The zero-order valence-electron chi connectivity index (χ0n) is 14.0. The van der Waals surface area contributed by atoms with Gasteiger partial charge in [0.15, 0.2) is 0 Å². The molecule has 0 aliphatic carbocycles. The van der Waals surface area contributed by atoms with Crippen LogP contribution in [-0.2, 0) is 0 Å². The molecule has 2 aromatic rings. The molecule has 2 nitrogen and oxygen atoms in total. The Balaban J connectivity index is 2.49. The third-order valence-corrected chi connectivity index (χ3v) is 4.20. The highest BCUT2D eigenvalue weighted by Gasteiger charge is 2.16. The molecule has 0 bridgehead atoms. The first-order valence-corrected chi connectivity index (χ1v) is 7.46. The molecule has 0 saturated heterocycles. The molecule has 0 spiro atoms. The number of anilines is 1. The Morgan fingerprint density at radius 3 is 2.19 bits per heavy atom. The fourth-order valence-electron chi connectivity index (χ4n) is 2.78.